The molecule has 0 fully saturated rings. The molecule has 2 rings (SSSR count). The van der Waals surface area contributed by atoms with E-state index in [1.54, 1.807) is 4.68 Å². The van der Waals surface area contributed by atoms with Crippen molar-refractivity contribution in [3.8, 4) is 0 Å². The van der Waals surface area contributed by atoms with Gasteiger partial charge in [-0.1, -0.05) is 19.9 Å². The molecule has 0 bridgehead atoms. The van der Waals surface area contributed by atoms with E-state index in [4.69, 9.17) is 0 Å². The Morgan fingerprint density at radius 1 is 1.29 bits per heavy atom. The maximum absolute atomic E-state index is 14.0. The van der Waals surface area contributed by atoms with E-state index in [0.717, 1.165) is 6.07 Å². The molecule has 1 atom stereocenters. The number of hydrogen-bond acceptors (Lipinski definition) is 3. The minimum absolute atomic E-state index is 0.0179. The van der Waals surface area contributed by atoms with Crippen LogP contribution in [0.15, 0.2) is 18.5 Å². The molecule has 0 amide bonds. The van der Waals surface area contributed by atoms with E-state index < -0.39 is 17.7 Å². The Balaban J connectivity index is 2.25. The lowest BCUT2D eigenvalue weighted by molar-refractivity contribution is 0.163. The van der Waals surface area contributed by atoms with Crippen molar-refractivity contribution < 1.29 is 13.9 Å². The van der Waals surface area contributed by atoms with E-state index in [9.17, 15) is 13.9 Å². The molecule has 4 nitrogen and oxygen atoms in total. The van der Waals surface area contributed by atoms with Gasteiger partial charge in [0.1, 0.15) is 23.8 Å². The first-order chi connectivity index (χ1) is 9.90. The fourth-order valence-electron chi connectivity index (χ4n) is 2.20. The Labute approximate surface area is 122 Å². The molecular weight excluding hydrogens is 276 g/mol. The lowest BCUT2D eigenvalue weighted by Crippen LogP contribution is -2.15. The van der Waals surface area contributed by atoms with Crippen LogP contribution >= 0.6 is 0 Å². The molecule has 1 unspecified atom stereocenters. The molecule has 0 aliphatic rings. The standard InChI is InChI=1S/C15H19F2N3O/c1-9(2)7-20-13(18-8-19-20)6-12(21)14-11(16)5-4-10(3)15(14)17/h4-5,8-9,12,21H,6-7H2,1-3H3. The van der Waals surface area contributed by atoms with Crippen LogP contribution in [0.5, 0.6) is 0 Å². The fourth-order valence-corrected chi connectivity index (χ4v) is 2.20. The number of rotatable bonds is 5. The molecule has 0 aliphatic carbocycles. The Morgan fingerprint density at radius 3 is 2.67 bits per heavy atom. The van der Waals surface area contributed by atoms with Gasteiger partial charge in [0.2, 0.25) is 0 Å². The zero-order valence-electron chi connectivity index (χ0n) is 12.3. The average molecular weight is 295 g/mol. The second kappa shape index (κ2) is 6.30. The molecule has 0 saturated carbocycles. The number of aromatic nitrogens is 3. The number of hydrogen-bond donors (Lipinski definition) is 1. The normalized spacial score (nSPS) is 12.9. The summed E-state index contributed by atoms with van der Waals surface area (Å²) in [5, 5.41) is 14.2. The van der Waals surface area contributed by atoms with Crippen LogP contribution in [-0.4, -0.2) is 19.9 Å². The van der Waals surface area contributed by atoms with Crippen LogP contribution < -0.4 is 0 Å². The van der Waals surface area contributed by atoms with Crippen molar-refractivity contribution in [1.29, 1.82) is 0 Å². The Bertz CT molecular complexity index is 625. The summed E-state index contributed by atoms with van der Waals surface area (Å²) in [6.07, 6.45) is 0.109. The molecule has 21 heavy (non-hydrogen) atoms. The first-order valence-corrected chi connectivity index (χ1v) is 6.89. The highest BCUT2D eigenvalue weighted by Crippen LogP contribution is 2.25. The third kappa shape index (κ3) is 3.44. The maximum Gasteiger partial charge on any atom is 0.138 e. The van der Waals surface area contributed by atoms with Crippen LogP contribution in [0.3, 0.4) is 0 Å². The summed E-state index contributed by atoms with van der Waals surface area (Å²) in [6.45, 7) is 6.23. The predicted octanol–water partition coefficient (Wildman–Crippen LogP) is 2.80. The molecule has 6 heteroatoms. The van der Waals surface area contributed by atoms with Gasteiger partial charge in [-0.25, -0.2) is 18.4 Å². The summed E-state index contributed by atoms with van der Waals surface area (Å²) < 4.78 is 29.4. The van der Waals surface area contributed by atoms with Gasteiger partial charge in [0.25, 0.3) is 0 Å². The number of halogens is 2. The van der Waals surface area contributed by atoms with Crippen molar-refractivity contribution in [1.82, 2.24) is 14.8 Å². The van der Waals surface area contributed by atoms with Gasteiger partial charge < -0.3 is 5.11 Å². The van der Waals surface area contributed by atoms with Gasteiger partial charge in [0, 0.05) is 13.0 Å². The highest BCUT2D eigenvalue weighted by Gasteiger charge is 2.22. The first kappa shape index (κ1) is 15.6. The van der Waals surface area contributed by atoms with Gasteiger partial charge in [-0.2, -0.15) is 5.10 Å². The number of aliphatic hydroxyl groups is 1. The second-order valence-electron chi connectivity index (χ2n) is 5.56. The molecule has 0 radical (unpaired) electrons. The van der Waals surface area contributed by atoms with Gasteiger partial charge >= 0.3 is 0 Å². The van der Waals surface area contributed by atoms with Crippen molar-refractivity contribution in [2.24, 2.45) is 5.92 Å². The summed E-state index contributed by atoms with van der Waals surface area (Å²) in [7, 11) is 0. The first-order valence-electron chi connectivity index (χ1n) is 6.89. The molecule has 114 valence electrons. The van der Waals surface area contributed by atoms with E-state index in [1.165, 1.54) is 19.3 Å². The summed E-state index contributed by atoms with van der Waals surface area (Å²) in [6, 6.07) is 2.51. The summed E-state index contributed by atoms with van der Waals surface area (Å²) in [5.41, 5.74) is -0.0109. The van der Waals surface area contributed by atoms with Crippen LogP contribution in [-0.2, 0) is 13.0 Å². The molecule has 0 spiro atoms. The van der Waals surface area contributed by atoms with Gasteiger partial charge in [0.15, 0.2) is 0 Å². The van der Waals surface area contributed by atoms with E-state index in [-0.39, 0.29) is 12.0 Å². The fraction of sp³-hybridized carbons (Fsp3) is 0.467. The molecule has 1 aromatic heterocycles. The van der Waals surface area contributed by atoms with E-state index in [2.05, 4.69) is 10.1 Å². The Kier molecular flexibility index (Phi) is 4.67. The lowest BCUT2D eigenvalue weighted by atomic mass is 10.0. The van der Waals surface area contributed by atoms with Gasteiger partial charge in [-0.05, 0) is 24.5 Å². The SMILES string of the molecule is Cc1ccc(F)c(C(O)Cc2ncnn2CC(C)C)c1F. The number of aliphatic hydroxyl groups excluding tert-OH is 1. The number of aryl methyl sites for hydroxylation is 1. The molecule has 0 aliphatic heterocycles. The quantitative estimate of drug-likeness (QED) is 0.923. The smallest absolute Gasteiger partial charge is 0.138 e. The van der Waals surface area contributed by atoms with Crippen LogP contribution in [0.1, 0.15) is 36.9 Å². The molecule has 2 aromatic rings. The monoisotopic (exact) mass is 295 g/mol. The van der Waals surface area contributed by atoms with Crippen LogP contribution in [0.2, 0.25) is 0 Å². The minimum Gasteiger partial charge on any atom is -0.388 e. The van der Waals surface area contributed by atoms with Gasteiger partial charge in [-0.15, -0.1) is 0 Å². The molecule has 1 aromatic carbocycles. The van der Waals surface area contributed by atoms with Crippen LogP contribution in [0.25, 0.3) is 0 Å². The number of benzene rings is 1. The molecule has 1 N–H and O–H groups in total. The highest BCUT2D eigenvalue weighted by molar-refractivity contribution is 5.28. The maximum atomic E-state index is 14.0. The largest absolute Gasteiger partial charge is 0.388 e. The predicted molar refractivity (Wildman–Crippen MR) is 74.6 cm³/mol. The zero-order valence-corrected chi connectivity index (χ0v) is 12.3. The van der Waals surface area contributed by atoms with E-state index >= 15 is 0 Å². The summed E-state index contributed by atoms with van der Waals surface area (Å²) in [5.74, 6) is -0.593. The highest BCUT2D eigenvalue weighted by atomic mass is 19.1. The Hall–Kier alpha value is -1.82. The third-order valence-corrected chi connectivity index (χ3v) is 3.26. The zero-order chi connectivity index (χ0) is 15.6. The number of nitrogens with zero attached hydrogens (tertiary/aromatic N) is 3. The second-order valence-corrected chi connectivity index (χ2v) is 5.56. The van der Waals surface area contributed by atoms with Crippen molar-refractivity contribution in [2.45, 2.75) is 39.8 Å². The minimum atomic E-state index is -1.29. The van der Waals surface area contributed by atoms with Gasteiger partial charge in [-0.3, -0.25) is 0 Å². The molecule has 1 heterocycles. The van der Waals surface area contributed by atoms with Crippen molar-refractivity contribution in [2.75, 3.05) is 0 Å². The Morgan fingerprint density at radius 2 is 2.00 bits per heavy atom. The van der Waals surface area contributed by atoms with Gasteiger partial charge in [0.05, 0.1) is 11.7 Å². The lowest BCUT2D eigenvalue weighted by Gasteiger charge is -2.15. The molecular formula is C15H19F2N3O. The average Bonchev–Trinajstić information content (AvgIpc) is 2.81. The topological polar surface area (TPSA) is 50.9 Å². The van der Waals surface area contributed by atoms with E-state index in [0.29, 0.717) is 23.9 Å². The van der Waals surface area contributed by atoms with Crippen LogP contribution in [0, 0.1) is 24.5 Å². The third-order valence-electron chi connectivity index (χ3n) is 3.26. The van der Waals surface area contributed by atoms with Crippen molar-refractivity contribution >= 4 is 0 Å². The molecule has 0 saturated heterocycles. The van der Waals surface area contributed by atoms with Crippen LogP contribution in [0.4, 0.5) is 8.78 Å². The van der Waals surface area contributed by atoms with Crippen molar-refractivity contribution in [3.63, 3.8) is 0 Å². The summed E-state index contributed by atoms with van der Waals surface area (Å²) >= 11 is 0. The summed E-state index contributed by atoms with van der Waals surface area (Å²) in [4.78, 5) is 4.06. The van der Waals surface area contributed by atoms with E-state index in [1.807, 2.05) is 13.8 Å². The van der Waals surface area contributed by atoms with Crippen molar-refractivity contribution in [3.05, 3.63) is 47.0 Å².